The van der Waals surface area contributed by atoms with E-state index in [1.807, 2.05) is 0 Å². The van der Waals surface area contributed by atoms with E-state index < -0.39 is 10.0 Å². The highest BCUT2D eigenvalue weighted by Gasteiger charge is 2.38. The van der Waals surface area contributed by atoms with Crippen molar-refractivity contribution in [1.82, 2.24) is 24.2 Å². The summed E-state index contributed by atoms with van der Waals surface area (Å²) in [6, 6.07) is 0. The van der Waals surface area contributed by atoms with Gasteiger partial charge in [-0.05, 0) is 20.3 Å². The van der Waals surface area contributed by atoms with Crippen molar-refractivity contribution in [2.24, 2.45) is 7.05 Å². The first-order valence-corrected chi connectivity index (χ1v) is 8.62. The van der Waals surface area contributed by atoms with Crippen LogP contribution in [-0.2, 0) is 17.1 Å². The molecule has 8 nitrogen and oxygen atoms in total. The first-order valence-electron chi connectivity index (χ1n) is 6.80. The van der Waals surface area contributed by atoms with Crippen molar-refractivity contribution >= 4 is 21.6 Å². The van der Waals surface area contributed by atoms with Crippen molar-refractivity contribution in [2.75, 3.05) is 13.1 Å². The zero-order valence-electron chi connectivity index (χ0n) is 12.4. The molecule has 3 heterocycles. The summed E-state index contributed by atoms with van der Waals surface area (Å²) in [5.74, 6) is 0.929. The molecule has 0 bridgehead atoms. The standard InChI is InChI=1S/C12H16ClN5O3S/c1-7-10(11(13)17(3)15-7)22(19,20)18-5-4-9(6-18)12-14-8(2)16-21-12/h9H,4-6H2,1-3H3/t9-/m1/s1. The zero-order valence-corrected chi connectivity index (χ0v) is 14.0. The van der Waals surface area contributed by atoms with Crippen LogP contribution in [-0.4, -0.2) is 45.7 Å². The molecule has 3 rings (SSSR count). The second-order valence-corrected chi connectivity index (χ2v) is 7.59. The van der Waals surface area contributed by atoms with Gasteiger partial charge in [-0.1, -0.05) is 16.8 Å². The van der Waals surface area contributed by atoms with E-state index in [1.165, 1.54) is 8.99 Å². The lowest BCUT2D eigenvalue weighted by Crippen LogP contribution is -2.29. The SMILES string of the molecule is Cc1noc([C@@H]2CCN(S(=O)(=O)c3c(C)nn(C)c3Cl)C2)n1. The van der Waals surface area contributed by atoms with Gasteiger partial charge in [0, 0.05) is 20.1 Å². The Morgan fingerprint density at radius 2 is 2.09 bits per heavy atom. The molecule has 1 aliphatic rings. The largest absolute Gasteiger partial charge is 0.339 e. The van der Waals surface area contributed by atoms with Crippen LogP contribution in [0.3, 0.4) is 0 Å². The summed E-state index contributed by atoms with van der Waals surface area (Å²) >= 11 is 6.09. The van der Waals surface area contributed by atoms with E-state index in [2.05, 4.69) is 15.2 Å². The summed E-state index contributed by atoms with van der Waals surface area (Å²) in [5, 5.41) is 7.94. The van der Waals surface area contributed by atoms with Gasteiger partial charge in [0.2, 0.25) is 15.9 Å². The smallest absolute Gasteiger partial charge is 0.248 e. The Labute approximate surface area is 133 Å². The van der Waals surface area contributed by atoms with Crippen LogP contribution in [0.2, 0.25) is 5.15 Å². The van der Waals surface area contributed by atoms with Crippen molar-refractivity contribution in [3.63, 3.8) is 0 Å². The monoisotopic (exact) mass is 345 g/mol. The Hall–Kier alpha value is -1.45. The number of sulfonamides is 1. The highest BCUT2D eigenvalue weighted by Crippen LogP contribution is 2.33. The molecule has 1 aliphatic heterocycles. The molecule has 120 valence electrons. The Morgan fingerprint density at radius 3 is 2.64 bits per heavy atom. The van der Waals surface area contributed by atoms with E-state index in [9.17, 15) is 8.42 Å². The number of rotatable bonds is 3. The Kier molecular flexibility index (Phi) is 3.74. The van der Waals surface area contributed by atoms with Gasteiger partial charge in [0.05, 0.1) is 11.6 Å². The van der Waals surface area contributed by atoms with Crippen molar-refractivity contribution in [3.8, 4) is 0 Å². The molecule has 0 saturated carbocycles. The van der Waals surface area contributed by atoms with E-state index in [0.717, 1.165) is 0 Å². The van der Waals surface area contributed by atoms with Gasteiger partial charge >= 0.3 is 0 Å². The van der Waals surface area contributed by atoms with Gasteiger partial charge in [-0.25, -0.2) is 8.42 Å². The first kappa shape index (κ1) is 15.4. The van der Waals surface area contributed by atoms with Crippen LogP contribution >= 0.6 is 11.6 Å². The zero-order chi connectivity index (χ0) is 16.1. The lowest BCUT2D eigenvalue weighted by molar-refractivity contribution is 0.351. The molecule has 2 aromatic rings. The molecular weight excluding hydrogens is 330 g/mol. The third-order valence-electron chi connectivity index (χ3n) is 3.74. The summed E-state index contributed by atoms with van der Waals surface area (Å²) in [5.41, 5.74) is 0.393. The molecule has 2 aromatic heterocycles. The fourth-order valence-electron chi connectivity index (χ4n) is 2.66. The molecule has 0 amide bonds. The molecule has 0 aromatic carbocycles. The molecule has 0 N–H and O–H groups in total. The Bertz CT molecular complexity index is 813. The second-order valence-electron chi connectivity index (χ2n) is 5.36. The second kappa shape index (κ2) is 5.32. The van der Waals surface area contributed by atoms with Crippen molar-refractivity contribution in [1.29, 1.82) is 0 Å². The summed E-state index contributed by atoms with van der Waals surface area (Å²) in [4.78, 5) is 4.25. The van der Waals surface area contributed by atoms with Crippen LogP contribution < -0.4 is 0 Å². The molecule has 0 radical (unpaired) electrons. The molecular formula is C12H16ClN5O3S. The molecule has 22 heavy (non-hydrogen) atoms. The van der Waals surface area contributed by atoms with Gasteiger partial charge in [0.15, 0.2) is 5.82 Å². The number of aryl methyl sites for hydroxylation is 3. The van der Waals surface area contributed by atoms with Crippen LogP contribution in [0.25, 0.3) is 0 Å². The third kappa shape index (κ3) is 2.42. The lowest BCUT2D eigenvalue weighted by Gasteiger charge is -2.15. The van der Waals surface area contributed by atoms with Gasteiger partial charge in [-0.15, -0.1) is 0 Å². The van der Waals surface area contributed by atoms with E-state index >= 15 is 0 Å². The topological polar surface area (TPSA) is 94.1 Å². The summed E-state index contributed by atoms with van der Waals surface area (Å²) in [6.07, 6.45) is 0.637. The van der Waals surface area contributed by atoms with E-state index in [0.29, 0.717) is 36.9 Å². The molecule has 1 saturated heterocycles. The minimum atomic E-state index is -3.69. The van der Waals surface area contributed by atoms with E-state index in [-0.39, 0.29) is 16.0 Å². The fourth-order valence-corrected chi connectivity index (χ4v) is 4.87. The fraction of sp³-hybridized carbons (Fsp3) is 0.583. The average Bonchev–Trinajstić information content (AvgIpc) is 3.10. The van der Waals surface area contributed by atoms with Crippen LogP contribution in [0.4, 0.5) is 0 Å². The summed E-state index contributed by atoms with van der Waals surface area (Å²) < 4.78 is 33.5. The van der Waals surface area contributed by atoms with Crippen LogP contribution in [0, 0.1) is 13.8 Å². The predicted octanol–water partition coefficient (Wildman–Crippen LogP) is 1.25. The molecule has 0 unspecified atom stereocenters. The van der Waals surface area contributed by atoms with E-state index in [4.69, 9.17) is 16.1 Å². The molecule has 0 aliphatic carbocycles. The van der Waals surface area contributed by atoms with Gasteiger partial charge in [0.1, 0.15) is 10.0 Å². The first-order chi connectivity index (χ1) is 10.3. The maximum Gasteiger partial charge on any atom is 0.248 e. The predicted molar refractivity (Wildman–Crippen MR) is 78.1 cm³/mol. The number of nitrogens with zero attached hydrogens (tertiary/aromatic N) is 5. The molecule has 1 atom stereocenters. The summed E-state index contributed by atoms with van der Waals surface area (Å²) in [6.45, 7) is 4.05. The van der Waals surface area contributed by atoms with Crippen LogP contribution in [0.15, 0.2) is 9.42 Å². The molecule has 10 heteroatoms. The minimum absolute atomic E-state index is 0.0685. The van der Waals surface area contributed by atoms with Gasteiger partial charge in [-0.2, -0.15) is 14.4 Å². The van der Waals surface area contributed by atoms with E-state index in [1.54, 1.807) is 20.9 Å². The van der Waals surface area contributed by atoms with Gasteiger partial charge in [0.25, 0.3) is 0 Å². The normalized spacial score (nSPS) is 19.9. The van der Waals surface area contributed by atoms with Crippen molar-refractivity contribution in [3.05, 3.63) is 22.6 Å². The number of halogens is 1. The van der Waals surface area contributed by atoms with Crippen molar-refractivity contribution in [2.45, 2.75) is 31.1 Å². The van der Waals surface area contributed by atoms with Crippen molar-refractivity contribution < 1.29 is 12.9 Å². The Balaban J connectivity index is 1.88. The van der Waals surface area contributed by atoms with Crippen LogP contribution in [0.5, 0.6) is 0 Å². The highest BCUT2D eigenvalue weighted by atomic mass is 35.5. The van der Waals surface area contributed by atoms with Crippen LogP contribution in [0.1, 0.15) is 29.7 Å². The lowest BCUT2D eigenvalue weighted by atomic mass is 10.1. The maximum absolute atomic E-state index is 12.8. The highest BCUT2D eigenvalue weighted by molar-refractivity contribution is 7.89. The van der Waals surface area contributed by atoms with Gasteiger partial charge < -0.3 is 4.52 Å². The molecule has 1 fully saturated rings. The quantitative estimate of drug-likeness (QED) is 0.831. The Morgan fingerprint density at radius 1 is 1.36 bits per heavy atom. The van der Waals surface area contributed by atoms with Gasteiger partial charge in [-0.3, -0.25) is 4.68 Å². The number of hydrogen-bond acceptors (Lipinski definition) is 6. The molecule has 0 spiro atoms. The average molecular weight is 346 g/mol. The summed E-state index contributed by atoms with van der Waals surface area (Å²) in [7, 11) is -2.07. The number of hydrogen-bond donors (Lipinski definition) is 0. The minimum Gasteiger partial charge on any atom is -0.339 e. The number of aromatic nitrogens is 4. The maximum atomic E-state index is 12.8. The third-order valence-corrected chi connectivity index (χ3v) is 6.30.